The Balaban J connectivity index is 1.78. The number of ether oxygens (including phenoxy) is 1. The molecule has 0 aliphatic rings. The predicted octanol–water partition coefficient (Wildman–Crippen LogP) is 4.43. The number of fused-ring (bicyclic) bond motifs is 2. The third-order valence-corrected chi connectivity index (χ3v) is 5.33. The number of aryl methyl sites for hydroxylation is 3. The molecule has 3 aromatic heterocycles. The van der Waals surface area contributed by atoms with Gasteiger partial charge in [0.2, 0.25) is 5.89 Å². The molecule has 150 valence electrons. The predicted molar refractivity (Wildman–Crippen MR) is 115 cm³/mol. The molecule has 7 heteroatoms. The van der Waals surface area contributed by atoms with Crippen molar-refractivity contribution in [3.8, 4) is 28.3 Å². The summed E-state index contributed by atoms with van der Waals surface area (Å²) in [5.41, 5.74) is 6.04. The maximum atomic E-state index is 13.4. The number of aromatic nitrogens is 4. The molecule has 5 aromatic rings. The van der Waals surface area contributed by atoms with Gasteiger partial charge in [0, 0.05) is 11.3 Å². The van der Waals surface area contributed by atoms with E-state index >= 15 is 0 Å². The Hall–Kier alpha value is -3.87. The van der Waals surface area contributed by atoms with Gasteiger partial charge in [-0.3, -0.25) is 9.89 Å². The van der Waals surface area contributed by atoms with Gasteiger partial charge < -0.3 is 9.15 Å². The zero-order chi connectivity index (χ0) is 21.0. The fourth-order valence-electron chi connectivity index (χ4n) is 3.92. The number of H-pyrrole nitrogens is 1. The van der Waals surface area contributed by atoms with Crippen LogP contribution in [-0.2, 0) is 0 Å². The Bertz CT molecular complexity index is 1480. The Labute approximate surface area is 172 Å². The molecule has 5 rings (SSSR count). The quantitative estimate of drug-likeness (QED) is 0.484. The first-order chi connectivity index (χ1) is 14.5. The molecule has 0 atom stereocenters. The number of oxazole rings is 1. The van der Waals surface area contributed by atoms with Gasteiger partial charge in [0.25, 0.3) is 5.56 Å². The fraction of sp³-hybridized carbons (Fsp3) is 0.174. The van der Waals surface area contributed by atoms with E-state index in [4.69, 9.17) is 14.1 Å². The Morgan fingerprint density at radius 2 is 1.77 bits per heavy atom. The SMILES string of the molecule is COc1c(C)ccc2oc(-c3c(C)nc4c(-c5ccccc5)c(C)[nH]n4c3=O)nc12. The third-order valence-electron chi connectivity index (χ3n) is 5.33. The highest BCUT2D eigenvalue weighted by atomic mass is 16.5. The molecule has 0 saturated heterocycles. The van der Waals surface area contributed by atoms with Gasteiger partial charge in [0.05, 0.1) is 12.8 Å². The Morgan fingerprint density at radius 3 is 2.50 bits per heavy atom. The molecule has 0 spiro atoms. The van der Waals surface area contributed by atoms with Crippen LogP contribution in [0.1, 0.15) is 17.0 Å². The van der Waals surface area contributed by atoms with Crippen molar-refractivity contribution in [2.45, 2.75) is 20.8 Å². The summed E-state index contributed by atoms with van der Waals surface area (Å²) in [5, 5.41) is 3.14. The minimum Gasteiger partial charge on any atom is -0.494 e. The Kier molecular flexibility index (Phi) is 3.99. The maximum Gasteiger partial charge on any atom is 0.285 e. The minimum atomic E-state index is -0.259. The molecule has 0 unspecified atom stereocenters. The van der Waals surface area contributed by atoms with E-state index in [1.807, 2.05) is 56.3 Å². The normalized spacial score (nSPS) is 11.5. The van der Waals surface area contributed by atoms with Crippen molar-refractivity contribution in [1.29, 1.82) is 0 Å². The van der Waals surface area contributed by atoms with Gasteiger partial charge in [0.1, 0.15) is 5.56 Å². The molecule has 0 aliphatic carbocycles. The second-order valence-electron chi connectivity index (χ2n) is 7.30. The summed E-state index contributed by atoms with van der Waals surface area (Å²) in [6.45, 7) is 5.66. The van der Waals surface area contributed by atoms with Crippen LogP contribution in [0.25, 0.3) is 39.3 Å². The molecule has 0 saturated carbocycles. The van der Waals surface area contributed by atoms with Crippen LogP contribution in [0.3, 0.4) is 0 Å². The largest absolute Gasteiger partial charge is 0.494 e. The molecular formula is C23H20N4O3. The summed E-state index contributed by atoms with van der Waals surface area (Å²) < 4.78 is 12.9. The molecule has 1 N–H and O–H groups in total. The van der Waals surface area contributed by atoms with E-state index in [9.17, 15) is 4.79 Å². The number of aromatic amines is 1. The van der Waals surface area contributed by atoms with Crippen LogP contribution >= 0.6 is 0 Å². The summed E-state index contributed by atoms with van der Waals surface area (Å²) in [4.78, 5) is 22.7. The van der Waals surface area contributed by atoms with E-state index in [0.717, 1.165) is 22.4 Å². The van der Waals surface area contributed by atoms with Crippen molar-refractivity contribution < 1.29 is 9.15 Å². The van der Waals surface area contributed by atoms with Crippen LogP contribution in [0.5, 0.6) is 5.75 Å². The van der Waals surface area contributed by atoms with Crippen molar-refractivity contribution in [3.05, 3.63) is 69.8 Å². The monoisotopic (exact) mass is 400 g/mol. The van der Waals surface area contributed by atoms with Crippen molar-refractivity contribution >= 4 is 16.7 Å². The number of hydrogen-bond donors (Lipinski definition) is 1. The molecule has 7 nitrogen and oxygen atoms in total. The molecule has 0 bridgehead atoms. The van der Waals surface area contributed by atoms with Gasteiger partial charge in [0.15, 0.2) is 22.5 Å². The zero-order valence-corrected chi connectivity index (χ0v) is 17.1. The number of nitrogens with zero attached hydrogens (tertiary/aromatic N) is 3. The molecule has 2 aromatic carbocycles. The van der Waals surface area contributed by atoms with E-state index in [-0.39, 0.29) is 11.4 Å². The summed E-state index contributed by atoms with van der Waals surface area (Å²) in [6, 6.07) is 13.6. The van der Waals surface area contributed by atoms with Gasteiger partial charge in [-0.05, 0) is 38.0 Å². The molecule has 0 radical (unpaired) electrons. The summed E-state index contributed by atoms with van der Waals surface area (Å²) in [5.74, 6) is 0.864. The van der Waals surface area contributed by atoms with Crippen LogP contribution in [0.2, 0.25) is 0 Å². The average Bonchev–Trinajstić information content (AvgIpc) is 3.29. The van der Waals surface area contributed by atoms with Crippen molar-refractivity contribution in [2.24, 2.45) is 0 Å². The van der Waals surface area contributed by atoms with Crippen molar-refractivity contribution in [3.63, 3.8) is 0 Å². The molecule has 3 heterocycles. The lowest BCUT2D eigenvalue weighted by molar-refractivity contribution is 0.416. The summed E-state index contributed by atoms with van der Waals surface area (Å²) in [7, 11) is 1.59. The lowest BCUT2D eigenvalue weighted by Gasteiger charge is -2.04. The van der Waals surface area contributed by atoms with Gasteiger partial charge in [-0.15, -0.1) is 0 Å². The number of nitrogens with one attached hydrogen (secondary N) is 1. The molecule has 0 aliphatic heterocycles. The number of benzene rings is 2. The van der Waals surface area contributed by atoms with E-state index in [1.54, 1.807) is 14.0 Å². The van der Waals surface area contributed by atoms with Crippen LogP contribution in [0.15, 0.2) is 51.7 Å². The van der Waals surface area contributed by atoms with Crippen LogP contribution in [0.4, 0.5) is 0 Å². The Morgan fingerprint density at radius 1 is 1.00 bits per heavy atom. The van der Waals surface area contributed by atoms with Crippen molar-refractivity contribution in [2.75, 3.05) is 7.11 Å². The second kappa shape index (κ2) is 6.59. The first-order valence-corrected chi connectivity index (χ1v) is 9.61. The highest BCUT2D eigenvalue weighted by Gasteiger charge is 2.23. The topological polar surface area (TPSA) is 85.4 Å². The summed E-state index contributed by atoms with van der Waals surface area (Å²) in [6.07, 6.45) is 0. The maximum absolute atomic E-state index is 13.4. The smallest absolute Gasteiger partial charge is 0.285 e. The second-order valence-corrected chi connectivity index (χ2v) is 7.30. The van der Waals surface area contributed by atoms with Crippen LogP contribution < -0.4 is 10.3 Å². The molecule has 0 fully saturated rings. The minimum absolute atomic E-state index is 0.229. The van der Waals surface area contributed by atoms with E-state index < -0.39 is 0 Å². The van der Waals surface area contributed by atoms with Crippen LogP contribution in [0, 0.1) is 20.8 Å². The molecule has 0 amide bonds. The number of methoxy groups -OCH3 is 1. The number of rotatable bonds is 3. The first-order valence-electron chi connectivity index (χ1n) is 9.61. The first kappa shape index (κ1) is 18.2. The van der Waals surface area contributed by atoms with Gasteiger partial charge in [-0.2, -0.15) is 0 Å². The standard InChI is InChI=1S/C23H20N4O3/c1-12-10-11-16-19(20(12)29-4)25-22(30-16)18-13(2)24-21-17(15-8-6-5-7-9-15)14(3)26-27(21)23(18)28/h5-11,26H,1-4H3. The number of hydrogen-bond acceptors (Lipinski definition) is 5. The van der Waals surface area contributed by atoms with Crippen molar-refractivity contribution in [1.82, 2.24) is 19.6 Å². The highest BCUT2D eigenvalue weighted by Crippen LogP contribution is 2.33. The van der Waals surface area contributed by atoms with E-state index in [2.05, 4.69) is 10.1 Å². The lowest BCUT2D eigenvalue weighted by atomic mass is 10.1. The lowest BCUT2D eigenvalue weighted by Crippen LogP contribution is -2.19. The molecule has 30 heavy (non-hydrogen) atoms. The van der Waals surface area contributed by atoms with Crippen LogP contribution in [-0.4, -0.2) is 26.7 Å². The van der Waals surface area contributed by atoms with E-state index in [0.29, 0.717) is 33.8 Å². The van der Waals surface area contributed by atoms with Gasteiger partial charge in [-0.1, -0.05) is 36.4 Å². The summed E-state index contributed by atoms with van der Waals surface area (Å²) >= 11 is 0. The zero-order valence-electron chi connectivity index (χ0n) is 17.1. The average molecular weight is 400 g/mol. The highest BCUT2D eigenvalue weighted by molar-refractivity contribution is 5.84. The molecular weight excluding hydrogens is 380 g/mol. The van der Waals surface area contributed by atoms with E-state index in [1.165, 1.54) is 4.52 Å². The van der Waals surface area contributed by atoms with Gasteiger partial charge >= 0.3 is 0 Å². The third kappa shape index (κ3) is 2.55. The van der Waals surface area contributed by atoms with Gasteiger partial charge in [-0.25, -0.2) is 14.5 Å². The fourth-order valence-corrected chi connectivity index (χ4v) is 3.92.